The van der Waals surface area contributed by atoms with Gasteiger partial charge in [0, 0.05) is 56.9 Å². The third-order valence-electron chi connectivity index (χ3n) is 6.22. The van der Waals surface area contributed by atoms with E-state index in [2.05, 4.69) is 4.90 Å². The summed E-state index contributed by atoms with van der Waals surface area (Å²) >= 11 is 1.46. The van der Waals surface area contributed by atoms with E-state index in [-0.39, 0.29) is 17.6 Å². The van der Waals surface area contributed by atoms with Gasteiger partial charge in [-0.1, -0.05) is 36.4 Å². The Balaban J connectivity index is 1.38. The Hall–Kier alpha value is -3.49. The molecule has 0 radical (unpaired) electrons. The highest BCUT2D eigenvalue weighted by molar-refractivity contribution is 7.12. The fraction of sp³-hybridized carbons (Fsp3) is 0.286. The zero-order valence-electron chi connectivity index (χ0n) is 20.3. The highest BCUT2D eigenvalue weighted by Crippen LogP contribution is 2.19. The van der Waals surface area contributed by atoms with Crippen LogP contribution in [0.3, 0.4) is 0 Å². The van der Waals surface area contributed by atoms with Crippen LogP contribution in [0.4, 0.5) is 4.39 Å². The van der Waals surface area contributed by atoms with Crippen molar-refractivity contribution in [3.05, 3.63) is 93.9 Å². The topological polar surface area (TPSA) is 53.1 Å². The molecule has 1 saturated heterocycles. The number of benzene rings is 2. The molecule has 1 fully saturated rings. The van der Waals surface area contributed by atoms with Gasteiger partial charge in [0.25, 0.3) is 11.8 Å². The van der Waals surface area contributed by atoms with Crippen molar-refractivity contribution in [2.45, 2.75) is 0 Å². The van der Waals surface area contributed by atoms with Crippen molar-refractivity contribution in [3.8, 4) is 5.75 Å². The molecule has 1 aromatic heterocycles. The molecule has 6 nitrogen and oxygen atoms in total. The fourth-order valence-corrected chi connectivity index (χ4v) is 4.85. The number of carbonyl (C=O) groups excluding carboxylic acids is 2. The molecule has 1 aliphatic rings. The molecule has 0 unspecified atom stereocenters. The first-order valence-electron chi connectivity index (χ1n) is 11.9. The van der Waals surface area contributed by atoms with Gasteiger partial charge >= 0.3 is 0 Å². The molecule has 0 atom stereocenters. The predicted molar refractivity (Wildman–Crippen MR) is 141 cm³/mol. The number of hydrogen-bond acceptors (Lipinski definition) is 5. The number of nitrogens with zero attached hydrogens (tertiary/aromatic N) is 3. The van der Waals surface area contributed by atoms with E-state index in [1.54, 1.807) is 12.0 Å². The van der Waals surface area contributed by atoms with Crippen LogP contribution in [0.5, 0.6) is 5.75 Å². The molecule has 8 heteroatoms. The maximum Gasteiger partial charge on any atom is 0.264 e. The van der Waals surface area contributed by atoms with Crippen LogP contribution in [0.25, 0.3) is 6.08 Å². The molecule has 0 spiro atoms. The molecule has 2 aromatic carbocycles. The standard InChI is InChI=1S/C28H30FN3O3S/c1-35-25-8-3-2-6-22(25)7-4-14-31(27(33)23-10-12-24(29)13-11-23)18-15-30-16-19-32(20-17-30)28(34)26-9-5-21-36-26/h2-13,21H,14-20H2,1H3/b7-4+. The summed E-state index contributed by atoms with van der Waals surface area (Å²) in [5.41, 5.74) is 1.38. The quantitative estimate of drug-likeness (QED) is 0.428. The first kappa shape index (κ1) is 25.6. The highest BCUT2D eigenvalue weighted by Gasteiger charge is 2.23. The van der Waals surface area contributed by atoms with Gasteiger partial charge in [-0.3, -0.25) is 14.5 Å². The average molecular weight is 508 g/mol. The van der Waals surface area contributed by atoms with Gasteiger partial charge in [0.2, 0.25) is 0 Å². The Labute approximate surface area is 215 Å². The van der Waals surface area contributed by atoms with Gasteiger partial charge in [0.1, 0.15) is 11.6 Å². The Morgan fingerprint density at radius 3 is 2.47 bits per heavy atom. The minimum atomic E-state index is -0.371. The Morgan fingerprint density at radius 2 is 1.78 bits per heavy atom. The molecule has 0 N–H and O–H groups in total. The summed E-state index contributed by atoms with van der Waals surface area (Å²) in [6.07, 6.45) is 3.88. The number of amides is 2. The van der Waals surface area contributed by atoms with Crippen LogP contribution in [0.15, 0.2) is 72.1 Å². The van der Waals surface area contributed by atoms with Gasteiger partial charge in [-0.05, 0) is 41.8 Å². The van der Waals surface area contributed by atoms with Crippen LogP contribution in [0.1, 0.15) is 25.6 Å². The van der Waals surface area contributed by atoms with Crippen molar-refractivity contribution in [2.24, 2.45) is 0 Å². The molecular weight excluding hydrogens is 477 g/mol. The summed E-state index contributed by atoms with van der Waals surface area (Å²) in [5.74, 6) is 0.328. The van der Waals surface area contributed by atoms with E-state index >= 15 is 0 Å². The SMILES string of the molecule is COc1ccccc1/C=C/CN(CCN1CCN(C(=O)c2cccs2)CC1)C(=O)c1ccc(F)cc1. The fourth-order valence-electron chi connectivity index (χ4n) is 4.15. The number of halogens is 1. The number of carbonyl (C=O) groups is 2. The van der Waals surface area contributed by atoms with E-state index < -0.39 is 0 Å². The lowest BCUT2D eigenvalue weighted by atomic mass is 10.1. The monoisotopic (exact) mass is 507 g/mol. The zero-order valence-corrected chi connectivity index (χ0v) is 21.1. The highest BCUT2D eigenvalue weighted by atomic mass is 32.1. The number of methoxy groups -OCH3 is 1. The maximum absolute atomic E-state index is 13.4. The lowest BCUT2D eigenvalue weighted by molar-refractivity contribution is 0.0613. The second kappa shape index (κ2) is 12.5. The number of ether oxygens (including phenoxy) is 1. The lowest BCUT2D eigenvalue weighted by Crippen LogP contribution is -2.50. The van der Waals surface area contributed by atoms with E-state index in [1.807, 2.05) is 58.8 Å². The predicted octanol–water partition coefficient (Wildman–Crippen LogP) is 4.51. The molecule has 0 aliphatic carbocycles. The normalized spacial score (nSPS) is 14.2. The molecule has 2 heterocycles. The summed E-state index contributed by atoms with van der Waals surface area (Å²) in [5, 5.41) is 1.92. The van der Waals surface area contributed by atoms with Gasteiger partial charge in [-0.2, -0.15) is 0 Å². The molecular formula is C28H30FN3O3S. The minimum absolute atomic E-state index is 0.0826. The van der Waals surface area contributed by atoms with E-state index in [0.29, 0.717) is 38.3 Å². The Bertz CT molecular complexity index is 1170. The number of rotatable bonds is 9. The van der Waals surface area contributed by atoms with E-state index in [9.17, 15) is 14.0 Å². The first-order chi connectivity index (χ1) is 17.5. The van der Waals surface area contributed by atoms with Crippen molar-refractivity contribution in [3.63, 3.8) is 0 Å². The van der Waals surface area contributed by atoms with Crippen molar-refractivity contribution in [1.82, 2.24) is 14.7 Å². The molecule has 4 rings (SSSR count). The smallest absolute Gasteiger partial charge is 0.264 e. The van der Waals surface area contributed by atoms with Gasteiger partial charge < -0.3 is 14.5 Å². The molecule has 3 aromatic rings. The Morgan fingerprint density at radius 1 is 1.03 bits per heavy atom. The molecule has 0 bridgehead atoms. The summed E-state index contributed by atoms with van der Waals surface area (Å²) in [6.45, 7) is 4.46. The molecule has 1 aliphatic heterocycles. The van der Waals surface area contributed by atoms with Crippen LogP contribution in [0.2, 0.25) is 0 Å². The maximum atomic E-state index is 13.4. The van der Waals surface area contributed by atoms with Gasteiger partial charge in [0.05, 0.1) is 12.0 Å². The van der Waals surface area contributed by atoms with E-state index in [4.69, 9.17) is 4.74 Å². The van der Waals surface area contributed by atoms with Crippen LogP contribution < -0.4 is 4.74 Å². The summed E-state index contributed by atoms with van der Waals surface area (Å²) < 4.78 is 18.8. The summed E-state index contributed by atoms with van der Waals surface area (Å²) in [4.78, 5) is 32.5. The van der Waals surface area contributed by atoms with Crippen molar-refractivity contribution in [1.29, 1.82) is 0 Å². The first-order valence-corrected chi connectivity index (χ1v) is 12.8. The van der Waals surface area contributed by atoms with Crippen molar-refractivity contribution in [2.75, 3.05) is 52.9 Å². The number of thiophene rings is 1. The van der Waals surface area contributed by atoms with Gasteiger partial charge in [0.15, 0.2) is 0 Å². The summed E-state index contributed by atoms with van der Waals surface area (Å²) in [6, 6.07) is 17.1. The second-order valence-corrected chi connectivity index (χ2v) is 9.46. The second-order valence-electron chi connectivity index (χ2n) is 8.51. The van der Waals surface area contributed by atoms with E-state index in [0.717, 1.165) is 29.3 Å². The average Bonchev–Trinajstić information content (AvgIpc) is 3.46. The van der Waals surface area contributed by atoms with Crippen molar-refractivity contribution < 1.29 is 18.7 Å². The lowest BCUT2D eigenvalue weighted by Gasteiger charge is -2.35. The number of hydrogen-bond donors (Lipinski definition) is 0. The van der Waals surface area contributed by atoms with Crippen LogP contribution in [0, 0.1) is 5.82 Å². The largest absolute Gasteiger partial charge is 0.496 e. The summed E-state index contributed by atoms with van der Waals surface area (Å²) in [7, 11) is 1.63. The van der Waals surface area contributed by atoms with Gasteiger partial charge in [-0.25, -0.2) is 4.39 Å². The zero-order chi connectivity index (χ0) is 25.3. The van der Waals surface area contributed by atoms with Crippen LogP contribution in [-0.4, -0.2) is 79.4 Å². The van der Waals surface area contributed by atoms with Crippen molar-refractivity contribution >= 4 is 29.2 Å². The molecule has 0 saturated carbocycles. The molecule has 36 heavy (non-hydrogen) atoms. The van der Waals surface area contributed by atoms with Gasteiger partial charge in [-0.15, -0.1) is 11.3 Å². The molecule has 2 amide bonds. The third kappa shape index (κ3) is 6.59. The third-order valence-corrected chi connectivity index (χ3v) is 7.08. The Kier molecular flexibility index (Phi) is 8.86. The number of para-hydroxylation sites is 1. The molecule has 188 valence electrons. The van der Waals surface area contributed by atoms with Crippen LogP contribution in [-0.2, 0) is 0 Å². The minimum Gasteiger partial charge on any atom is -0.496 e. The van der Waals surface area contributed by atoms with Crippen LogP contribution >= 0.6 is 11.3 Å². The van der Waals surface area contributed by atoms with E-state index in [1.165, 1.54) is 35.6 Å². The number of piperazine rings is 1.